The molecule has 4 aromatic rings. The Bertz CT molecular complexity index is 1760. The minimum Gasteiger partial charge on any atom is -0.461 e. The molecule has 0 saturated carbocycles. The van der Waals surface area contributed by atoms with E-state index in [1.165, 1.54) is 12.3 Å². The molecule has 9 nitrogen and oxygen atoms in total. The molecule has 0 spiro atoms. The monoisotopic (exact) mass is 570 g/mol. The number of ether oxygens (including phenoxy) is 1. The minimum atomic E-state index is -0.716. The van der Waals surface area contributed by atoms with Crippen molar-refractivity contribution in [2.45, 2.75) is 31.2 Å². The van der Waals surface area contributed by atoms with Gasteiger partial charge in [-0.1, -0.05) is 30.3 Å². The predicted molar refractivity (Wildman–Crippen MR) is 151 cm³/mol. The van der Waals surface area contributed by atoms with Crippen LogP contribution in [0.25, 0.3) is 32.9 Å². The van der Waals surface area contributed by atoms with Gasteiger partial charge in [-0.15, -0.1) is 0 Å². The summed E-state index contributed by atoms with van der Waals surface area (Å²) in [6.45, 7) is 2.96. The van der Waals surface area contributed by atoms with E-state index in [1.54, 1.807) is 30.3 Å². The molecule has 2 aromatic heterocycles. The Hall–Kier alpha value is -4.25. The maximum Gasteiger partial charge on any atom is 0.319 e. The first-order valence-electron chi connectivity index (χ1n) is 14.4. The van der Waals surface area contributed by atoms with Gasteiger partial charge in [0.2, 0.25) is 11.8 Å². The molecule has 2 amide bonds. The zero-order chi connectivity index (χ0) is 28.6. The molecule has 4 aliphatic rings. The molecular formula is C31H28F2N6O3. The Kier molecular flexibility index (Phi) is 5.69. The number of rotatable bonds is 5. The molecule has 8 rings (SSSR count). The van der Waals surface area contributed by atoms with Crippen LogP contribution in [0.5, 0.6) is 6.01 Å². The van der Waals surface area contributed by atoms with Crippen LogP contribution in [0.3, 0.4) is 0 Å². The van der Waals surface area contributed by atoms with Gasteiger partial charge in [-0.05, 0) is 50.2 Å². The lowest BCUT2D eigenvalue weighted by molar-refractivity contribution is -0.126. The van der Waals surface area contributed by atoms with Gasteiger partial charge in [-0.2, -0.15) is 9.97 Å². The van der Waals surface area contributed by atoms with Gasteiger partial charge in [0.1, 0.15) is 29.5 Å². The summed E-state index contributed by atoms with van der Waals surface area (Å²) in [5, 5.41) is 3.63. The molecule has 2 unspecified atom stereocenters. The van der Waals surface area contributed by atoms with E-state index in [0.717, 1.165) is 38.8 Å². The highest BCUT2D eigenvalue weighted by Crippen LogP contribution is 2.41. The Balaban J connectivity index is 1.25. The number of carbonyl (C=O) groups is 2. The third kappa shape index (κ3) is 3.79. The van der Waals surface area contributed by atoms with Crippen LogP contribution >= 0.6 is 0 Å². The average molecular weight is 571 g/mol. The smallest absolute Gasteiger partial charge is 0.319 e. The number of imide groups is 1. The summed E-state index contributed by atoms with van der Waals surface area (Å²) in [6, 6.07) is 9.89. The van der Waals surface area contributed by atoms with Gasteiger partial charge in [0.25, 0.3) is 0 Å². The van der Waals surface area contributed by atoms with E-state index in [0.29, 0.717) is 28.8 Å². The molecule has 4 aliphatic heterocycles. The number of fused-ring (bicyclic) bond motifs is 4. The van der Waals surface area contributed by atoms with Gasteiger partial charge in [0.15, 0.2) is 5.82 Å². The van der Waals surface area contributed by atoms with E-state index in [4.69, 9.17) is 9.72 Å². The SMILES string of the molecule is O=C1NC(=O)C2CN(c3nc(OCC45CCCN4CCC5)nc4c(F)c(-c5cccc6cccc(F)c56)ncc34)CC12. The van der Waals surface area contributed by atoms with Crippen LogP contribution in [0.15, 0.2) is 42.6 Å². The number of benzene rings is 2. The minimum absolute atomic E-state index is 0.00613. The fourth-order valence-electron chi connectivity index (χ4n) is 7.48. The lowest BCUT2D eigenvalue weighted by Gasteiger charge is -2.31. The fraction of sp³-hybridized carbons (Fsp3) is 0.387. The summed E-state index contributed by atoms with van der Waals surface area (Å²) in [6.07, 6.45) is 5.73. The highest BCUT2D eigenvalue weighted by atomic mass is 19.1. The lowest BCUT2D eigenvalue weighted by Crippen LogP contribution is -2.43. The van der Waals surface area contributed by atoms with Crippen molar-refractivity contribution in [3.05, 3.63) is 54.2 Å². The second-order valence-corrected chi connectivity index (χ2v) is 11.8. The standard InChI is InChI=1S/C31H28F2N6O3/c32-22-8-2-6-17-5-1-7-18(23(17)22)25-24(33)26-19(13-34-25)27(38-14-20-21(15-38)29(41)37-28(20)40)36-30(35-26)42-16-31-9-3-11-39(31)12-4-10-31/h1-2,5-8,13,20-21H,3-4,9-12,14-16H2,(H,37,40,41). The molecule has 214 valence electrons. The normalized spacial score (nSPS) is 23.1. The van der Waals surface area contributed by atoms with E-state index in [9.17, 15) is 14.0 Å². The summed E-state index contributed by atoms with van der Waals surface area (Å²) < 4.78 is 37.7. The Morgan fingerprint density at radius 1 is 0.976 bits per heavy atom. The van der Waals surface area contributed by atoms with E-state index in [-0.39, 0.29) is 53.1 Å². The van der Waals surface area contributed by atoms with Crippen LogP contribution in [-0.2, 0) is 9.59 Å². The molecule has 6 heterocycles. The van der Waals surface area contributed by atoms with Crippen LogP contribution in [0.4, 0.5) is 14.6 Å². The molecule has 2 atom stereocenters. The number of carbonyl (C=O) groups excluding carboxylic acids is 2. The fourth-order valence-corrected chi connectivity index (χ4v) is 7.48. The van der Waals surface area contributed by atoms with Crippen LogP contribution in [0, 0.1) is 23.5 Å². The number of anilines is 1. The summed E-state index contributed by atoms with van der Waals surface area (Å²) >= 11 is 0. The van der Waals surface area contributed by atoms with E-state index in [2.05, 4.69) is 20.2 Å². The second-order valence-electron chi connectivity index (χ2n) is 11.8. The second kappa shape index (κ2) is 9.38. The number of nitrogens with one attached hydrogen (secondary N) is 1. The van der Waals surface area contributed by atoms with Gasteiger partial charge in [0, 0.05) is 30.2 Å². The topological polar surface area (TPSA) is 101 Å². The zero-order valence-corrected chi connectivity index (χ0v) is 22.8. The highest BCUT2D eigenvalue weighted by Gasteiger charge is 2.49. The molecule has 4 saturated heterocycles. The number of hydrogen-bond donors (Lipinski definition) is 1. The van der Waals surface area contributed by atoms with Crippen molar-refractivity contribution in [3.8, 4) is 17.3 Å². The summed E-state index contributed by atoms with van der Waals surface area (Å²) in [5.41, 5.74) is 0.208. The molecule has 2 aromatic carbocycles. The first-order valence-corrected chi connectivity index (χ1v) is 14.4. The zero-order valence-electron chi connectivity index (χ0n) is 22.8. The summed E-state index contributed by atoms with van der Waals surface area (Å²) in [4.78, 5) is 42.7. The highest BCUT2D eigenvalue weighted by molar-refractivity contribution is 6.07. The van der Waals surface area contributed by atoms with Crippen molar-refractivity contribution in [2.75, 3.05) is 37.7 Å². The van der Waals surface area contributed by atoms with E-state index in [1.807, 2.05) is 4.90 Å². The van der Waals surface area contributed by atoms with Crippen LogP contribution in [0.1, 0.15) is 25.7 Å². The Morgan fingerprint density at radius 3 is 2.43 bits per heavy atom. The van der Waals surface area contributed by atoms with Gasteiger partial charge >= 0.3 is 6.01 Å². The number of pyridine rings is 1. The number of aromatic nitrogens is 3. The molecule has 0 bridgehead atoms. The lowest BCUT2D eigenvalue weighted by atomic mass is 9.95. The van der Waals surface area contributed by atoms with Crippen LogP contribution < -0.4 is 15.0 Å². The van der Waals surface area contributed by atoms with Gasteiger partial charge in [0.05, 0.1) is 22.8 Å². The number of hydrogen-bond acceptors (Lipinski definition) is 8. The summed E-state index contributed by atoms with van der Waals surface area (Å²) in [7, 11) is 0. The van der Waals surface area contributed by atoms with Crippen molar-refractivity contribution in [2.24, 2.45) is 11.8 Å². The van der Waals surface area contributed by atoms with Crippen LogP contribution in [-0.4, -0.2) is 70.0 Å². The Morgan fingerprint density at radius 2 is 1.69 bits per heavy atom. The Labute approximate surface area is 239 Å². The third-order valence-corrected chi connectivity index (χ3v) is 9.57. The average Bonchev–Trinajstić information content (AvgIpc) is 3.75. The molecule has 4 fully saturated rings. The molecular weight excluding hydrogens is 542 g/mol. The maximum absolute atomic E-state index is 16.5. The van der Waals surface area contributed by atoms with Crippen molar-refractivity contribution >= 4 is 39.3 Å². The van der Waals surface area contributed by atoms with Crippen molar-refractivity contribution in [1.82, 2.24) is 25.2 Å². The molecule has 0 aliphatic carbocycles. The van der Waals surface area contributed by atoms with Gasteiger partial charge in [-0.3, -0.25) is 24.8 Å². The van der Waals surface area contributed by atoms with Crippen molar-refractivity contribution in [1.29, 1.82) is 0 Å². The molecule has 42 heavy (non-hydrogen) atoms. The van der Waals surface area contributed by atoms with Gasteiger partial charge < -0.3 is 9.64 Å². The third-order valence-electron chi connectivity index (χ3n) is 9.57. The quantitative estimate of drug-likeness (QED) is 0.362. The number of amides is 2. The predicted octanol–water partition coefficient (Wildman–Crippen LogP) is 3.84. The van der Waals surface area contributed by atoms with E-state index >= 15 is 4.39 Å². The van der Waals surface area contributed by atoms with E-state index < -0.39 is 23.5 Å². The first kappa shape index (κ1) is 25.5. The largest absolute Gasteiger partial charge is 0.461 e. The maximum atomic E-state index is 16.5. The number of nitrogens with zero attached hydrogens (tertiary/aromatic N) is 5. The molecule has 1 N–H and O–H groups in total. The first-order chi connectivity index (χ1) is 20.4. The molecule has 0 radical (unpaired) electrons. The van der Waals surface area contributed by atoms with Crippen molar-refractivity contribution < 1.29 is 23.1 Å². The van der Waals surface area contributed by atoms with Gasteiger partial charge in [-0.25, -0.2) is 8.78 Å². The molecule has 11 heteroatoms. The summed E-state index contributed by atoms with van der Waals surface area (Å²) in [5.74, 6) is -2.47. The van der Waals surface area contributed by atoms with Crippen LogP contribution in [0.2, 0.25) is 0 Å². The van der Waals surface area contributed by atoms with Crippen molar-refractivity contribution in [3.63, 3.8) is 0 Å². The number of halogens is 2.